The average molecular weight is 1010 g/mol. The van der Waals surface area contributed by atoms with Crippen molar-refractivity contribution >= 4 is 74.3 Å². The third kappa shape index (κ3) is 15.8. The number of ether oxygens (including phenoxy) is 4. The second kappa shape index (κ2) is 26.5. The fourth-order valence-corrected chi connectivity index (χ4v) is 8.25. The number of aliphatic hydroxyl groups excluding tert-OH is 2. The maximum atomic E-state index is 13.3. The number of esters is 4. The highest BCUT2D eigenvalue weighted by molar-refractivity contribution is 9.10. The van der Waals surface area contributed by atoms with Gasteiger partial charge in [0.1, 0.15) is 11.6 Å². The molecule has 18 nitrogen and oxygen atoms in total. The van der Waals surface area contributed by atoms with E-state index in [1.54, 1.807) is 36.7 Å². The molecule has 8 atom stereocenters. The highest BCUT2D eigenvalue weighted by atomic mass is 79.9. The molecule has 19 heteroatoms. The Balaban J connectivity index is 1.07. The normalized spacial score (nSPS) is 19.8. The molecular weight excluding hydrogens is 944 g/mol. The van der Waals surface area contributed by atoms with Gasteiger partial charge in [0.25, 0.3) is 0 Å². The number of fused-ring (bicyclic) bond motifs is 1. The number of unbranched alkanes of at least 4 members (excludes halogenated alkanes) is 1. The number of aromatic nitrogens is 2. The second-order valence-electron chi connectivity index (χ2n) is 16.6. The van der Waals surface area contributed by atoms with Gasteiger partial charge in [0.15, 0.2) is 18.3 Å². The Morgan fingerprint density at radius 2 is 1.60 bits per heavy atom. The van der Waals surface area contributed by atoms with Crippen molar-refractivity contribution in [2.24, 2.45) is 16.8 Å². The maximum Gasteiger partial charge on any atom is 0.347 e. The number of guanidine groups is 1. The minimum absolute atomic E-state index is 0.0243. The Kier molecular flexibility index (Phi) is 20.6. The molecule has 366 valence electrons. The average Bonchev–Trinajstić information content (AvgIpc) is 3.91. The van der Waals surface area contributed by atoms with Gasteiger partial charge in [-0.2, -0.15) is 0 Å². The largest absolute Gasteiger partial charge is 0.459 e. The number of aliphatic hydroxyl groups is 2. The van der Waals surface area contributed by atoms with E-state index in [0.717, 1.165) is 5.56 Å². The van der Waals surface area contributed by atoms with Gasteiger partial charge in [-0.3, -0.25) is 34.2 Å². The van der Waals surface area contributed by atoms with Crippen LogP contribution < -0.4 is 10.6 Å². The lowest BCUT2D eigenvalue weighted by Gasteiger charge is -2.24. The summed E-state index contributed by atoms with van der Waals surface area (Å²) in [6, 6.07) is 13.3. The summed E-state index contributed by atoms with van der Waals surface area (Å²) >= 11 is 3.53. The zero-order chi connectivity index (χ0) is 49.2. The van der Waals surface area contributed by atoms with Crippen LogP contribution in [0.15, 0.2) is 88.6 Å². The molecular formula is C49H61BrN6O12. The van der Waals surface area contributed by atoms with Crippen LogP contribution in [-0.4, -0.2) is 123 Å². The summed E-state index contributed by atoms with van der Waals surface area (Å²) in [6.07, 6.45) is 6.36. The minimum Gasteiger partial charge on any atom is -0.459 e. The molecule has 2 amide bonds. The van der Waals surface area contributed by atoms with Gasteiger partial charge in [-0.15, -0.1) is 0 Å². The third-order valence-corrected chi connectivity index (χ3v) is 12.2. The predicted molar refractivity (Wildman–Crippen MR) is 254 cm³/mol. The number of aliphatic imine (C=N–C) groups is 1. The number of nitrogens with one attached hydrogen (secondary N) is 2. The van der Waals surface area contributed by atoms with Crippen molar-refractivity contribution in [3.05, 3.63) is 89.2 Å². The Bertz CT molecular complexity index is 2310. The van der Waals surface area contributed by atoms with Gasteiger partial charge in [0, 0.05) is 56.6 Å². The van der Waals surface area contributed by atoms with E-state index in [1.807, 2.05) is 49.4 Å². The van der Waals surface area contributed by atoms with E-state index in [2.05, 4.69) is 41.5 Å². The van der Waals surface area contributed by atoms with E-state index in [1.165, 1.54) is 25.7 Å². The highest BCUT2D eigenvalue weighted by Gasteiger charge is 2.43. The summed E-state index contributed by atoms with van der Waals surface area (Å²) in [6.45, 7) is 6.85. The smallest absolute Gasteiger partial charge is 0.347 e. The van der Waals surface area contributed by atoms with E-state index < -0.39 is 72.3 Å². The van der Waals surface area contributed by atoms with Crippen LogP contribution in [0.1, 0.15) is 84.6 Å². The van der Waals surface area contributed by atoms with Crippen molar-refractivity contribution in [3.8, 4) is 0 Å². The van der Waals surface area contributed by atoms with E-state index >= 15 is 0 Å². The molecule has 0 saturated heterocycles. The molecule has 2 aliphatic rings. The summed E-state index contributed by atoms with van der Waals surface area (Å²) in [5.41, 5.74) is 3.00. The Hall–Kier alpha value is -6.05. The SMILES string of the molecule is CCNC(=O)CCC/C=C\C[C@@H]1[C@@H](/C=C/[C@H](O)CCc2ccccc2)[C@H](O)C[C@@H]1OC(=O)C(C)OC(=O)C(C)OC(=O)C(C)OC(=O)CCC(=O)N1CCN=C1Nc1ccc2nccnc2c1Br. The monoisotopic (exact) mass is 1000 g/mol. The Morgan fingerprint density at radius 1 is 0.897 bits per heavy atom. The van der Waals surface area contributed by atoms with Crippen molar-refractivity contribution in [1.29, 1.82) is 0 Å². The number of anilines is 1. The summed E-state index contributed by atoms with van der Waals surface area (Å²) in [5.74, 6) is -4.84. The standard InChI is InChI=1S/C49H61BrN6O12/c1-5-51-41(59)16-12-7-6-11-15-36-35(20-19-34(57)18-17-33-13-9-8-10-14-33)39(58)29-40(36)68-48(64)32(4)67-47(63)31(3)66-46(62)30(2)65-43(61)24-23-42(60)56-28-27-54-49(56)55-37-21-22-38-45(44(37)50)53-26-25-52-38/h6,8-11,13-14,19-22,25-26,30-32,34-36,39-40,57-58H,5,7,12,15-18,23-24,27-29H2,1-4H3,(H,51,59)(H,54,55)/b11-6-,20-19+/t30?,31?,32?,34-,35-,36-,39-,40+/m1/s1. The maximum absolute atomic E-state index is 13.3. The van der Waals surface area contributed by atoms with Crippen LogP contribution in [0.5, 0.6) is 0 Å². The number of halogens is 1. The van der Waals surface area contributed by atoms with E-state index in [4.69, 9.17) is 18.9 Å². The molecule has 3 unspecified atom stereocenters. The number of aryl methyl sites for hydroxylation is 1. The van der Waals surface area contributed by atoms with E-state index in [0.29, 0.717) is 85.3 Å². The van der Waals surface area contributed by atoms with Gasteiger partial charge < -0.3 is 39.8 Å². The van der Waals surface area contributed by atoms with Crippen molar-refractivity contribution in [2.45, 2.75) is 122 Å². The fraction of sp³-hybridized carbons (Fsp3) is 0.490. The van der Waals surface area contributed by atoms with Crippen LogP contribution in [0, 0.1) is 11.8 Å². The summed E-state index contributed by atoms with van der Waals surface area (Å²) in [5, 5.41) is 27.8. The Morgan fingerprint density at radius 3 is 2.34 bits per heavy atom. The van der Waals surface area contributed by atoms with Gasteiger partial charge in [-0.1, -0.05) is 54.6 Å². The molecule has 68 heavy (non-hydrogen) atoms. The number of allylic oxidation sites excluding steroid dienone is 2. The molecule has 0 radical (unpaired) electrons. The first-order valence-electron chi connectivity index (χ1n) is 23.0. The summed E-state index contributed by atoms with van der Waals surface area (Å²) < 4.78 is 22.2. The lowest BCUT2D eigenvalue weighted by atomic mass is 9.89. The van der Waals surface area contributed by atoms with Crippen LogP contribution in [0.4, 0.5) is 5.69 Å². The number of amides is 2. The van der Waals surface area contributed by atoms with E-state index in [9.17, 15) is 39.0 Å². The molecule has 1 saturated carbocycles. The molecule has 1 aliphatic carbocycles. The molecule has 1 aromatic heterocycles. The highest BCUT2D eigenvalue weighted by Crippen LogP contribution is 2.39. The van der Waals surface area contributed by atoms with Crippen LogP contribution in [-0.2, 0) is 54.1 Å². The van der Waals surface area contributed by atoms with Gasteiger partial charge >= 0.3 is 23.9 Å². The quantitative estimate of drug-likeness (QED) is 0.0408. The zero-order valence-corrected chi connectivity index (χ0v) is 40.3. The van der Waals surface area contributed by atoms with Gasteiger partial charge in [0.05, 0.1) is 40.9 Å². The van der Waals surface area contributed by atoms with Crippen LogP contribution in [0.2, 0.25) is 0 Å². The number of nitrogens with zero attached hydrogens (tertiary/aromatic N) is 4. The molecule has 3 aromatic rings. The van der Waals surface area contributed by atoms with Crippen LogP contribution >= 0.6 is 15.9 Å². The van der Waals surface area contributed by atoms with Gasteiger partial charge in [-0.25, -0.2) is 14.4 Å². The number of rotatable bonds is 23. The molecule has 2 aromatic carbocycles. The first-order chi connectivity index (χ1) is 32.6. The number of carbonyl (C=O) groups is 6. The summed E-state index contributed by atoms with van der Waals surface area (Å²) in [7, 11) is 0. The number of hydrogen-bond donors (Lipinski definition) is 4. The van der Waals surface area contributed by atoms with Crippen LogP contribution in [0.3, 0.4) is 0 Å². The lowest BCUT2D eigenvalue weighted by Crippen LogP contribution is -2.39. The zero-order valence-electron chi connectivity index (χ0n) is 38.8. The number of benzene rings is 2. The molecule has 1 fully saturated rings. The van der Waals surface area contributed by atoms with Crippen molar-refractivity contribution < 1.29 is 57.9 Å². The molecule has 0 spiro atoms. The first-order valence-corrected chi connectivity index (χ1v) is 23.8. The minimum atomic E-state index is -1.50. The molecule has 5 rings (SSSR count). The van der Waals surface area contributed by atoms with Crippen molar-refractivity contribution in [2.75, 3.05) is 25.0 Å². The Labute approximate surface area is 404 Å². The molecule has 0 bridgehead atoms. The fourth-order valence-electron chi connectivity index (χ4n) is 7.71. The van der Waals surface area contributed by atoms with E-state index in [-0.39, 0.29) is 31.1 Å². The van der Waals surface area contributed by atoms with Gasteiger partial charge in [-0.05, 0) is 93.4 Å². The lowest BCUT2D eigenvalue weighted by molar-refractivity contribution is -0.183. The molecule has 2 heterocycles. The van der Waals surface area contributed by atoms with Crippen LogP contribution in [0.25, 0.3) is 11.0 Å². The number of hydrogen-bond acceptors (Lipinski definition) is 16. The van der Waals surface area contributed by atoms with Crippen molar-refractivity contribution in [3.63, 3.8) is 0 Å². The molecule has 4 N–H and O–H groups in total. The third-order valence-electron chi connectivity index (χ3n) is 11.4. The first kappa shape index (κ1) is 52.9. The summed E-state index contributed by atoms with van der Waals surface area (Å²) in [4.78, 5) is 91.2. The predicted octanol–water partition coefficient (Wildman–Crippen LogP) is 5.29. The van der Waals surface area contributed by atoms with Crippen molar-refractivity contribution in [1.82, 2.24) is 20.2 Å². The molecule has 1 aliphatic heterocycles. The van der Waals surface area contributed by atoms with Gasteiger partial charge in [0.2, 0.25) is 17.8 Å². The second-order valence-corrected chi connectivity index (χ2v) is 17.4. The topological polar surface area (TPSA) is 245 Å². The number of carbonyl (C=O) groups excluding carboxylic acids is 6.